The first-order valence-electron chi connectivity index (χ1n) is 10.3. The number of aliphatic hydroxyl groups is 1. The van der Waals surface area contributed by atoms with Gasteiger partial charge in [0.25, 0.3) is 0 Å². The minimum Gasteiger partial charge on any atom is -0.508 e. The van der Waals surface area contributed by atoms with Crippen molar-refractivity contribution in [1.82, 2.24) is 5.32 Å². The Morgan fingerprint density at radius 1 is 1.03 bits per heavy atom. The van der Waals surface area contributed by atoms with E-state index in [9.17, 15) is 4.79 Å². The summed E-state index contributed by atoms with van der Waals surface area (Å²) < 4.78 is 5.73. The fourth-order valence-corrected chi connectivity index (χ4v) is 3.10. The number of amides is 1. The highest BCUT2D eigenvalue weighted by atomic mass is 16.5. The summed E-state index contributed by atoms with van der Waals surface area (Å²) in [5.41, 5.74) is 2.22. The molecule has 1 amide bonds. The van der Waals surface area contributed by atoms with Crippen LogP contribution in [0.25, 0.3) is 0 Å². The van der Waals surface area contributed by atoms with Crippen molar-refractivity contribution in [2.24, 2.45) is 5.92 Å². The number of carbonyl (C=O) groups excluding carboxylic acids is 1. The molecule has 1 aliphatic heterocycles. The number of nitrogens with one attached hydrogen (secondary N) is 1. The van der Waals surface area contributed by atoms with E-state index in [-0.39, 0.29) is 5.75 Å². The third-order valence-corrected chi connectivity index (χ3v) is 5.06. The maximum absolute atomic E-state index is 10.6. The van der Waals surface area contributed by atoms with Crippen molar-refractivity contribution in [3.63, 3.8) is 0 Å². The molecule has 156 valence electrons. The normalized spacial score (nSPS) is 15.4. The summed E-state index contributed by atoms with van der Waals surface area (Å²) in [7, 11) is 0. The van der Waals surface area contributed by atoms with Crippen LogP contribution >= 0.6 is 0 Å². The second-order valence-electron chi connectivity index (χ2n) is 7.54. The predicted molar refractivity (Wildman–Crippen MR) is 113 cm³/mol. The highest BCUT2D eigenvalue weighted by molar-refractivity contribution is 5.76. The molecule has 1 heterocycles. The number of aliphatic hydroxyl groups excluding tert-OH is 1. The van der Waals surface area contributed by atoms with Crippen LogP contribution in [0.3, 0.4) is 0 Å². The van der Waals surface area contributed by atoms with Gasteiger partial charge >= 0.3 is 0 Å². The van der Waals surface area contributed by atoms with Crippen molar-refractivity contribution in [2.45, 2.75) is 32.2 Å². The Bertz CT molecular complexity index is 751. The fourth-order valence-electron chi connectivity index (χ4n) is 3.10. The molecule has 3 N–H and O–H groups in total. The summed E-state index contributed by atoms with van der Waals surface area (Å²) in [4.78, 5) is 13.1. The van der Waals surface area contributed by atoms with Gasteiger partial charge in [-0.15, -0.1) is 0 Å². The van der Waals surface area contributed by atoms with Crippen LogP contribution in [0.2, 0.25) is 0 Å². The number of hydrogen-bond donors (Lipinski definition) is 3. The third kappa shape index (κ3) is 7.31. The number of hydrogen-bond acceptors (Lipinski definition) is 5. The first-order valence-corrected chi connectivity index (χ1v) is 10.3. The van der Waals surface area contributed by atoms with E-state index in [4.69, 9.17) is 14.9 Å². The predicted octanol–water partition coefficient (Wildman–Crippen LogP) is 3.08. The standard InChI is InChI=1S/C14H19NO.C9H11NO3/c1-2-10-15(9-1)13-5-7-14(8-6-13)16-11-12-3-4-12;11-6-9(13)10-5-7-1-3-8(12)4-2-7/h5-8,12H,1-4,9-11H2;1-4,11-12H,5-6H2,(H,10,13). The van der Waals surface area contributed by atoms with Crippen LogP contribution < -0.4 is 15.0 Å². The van der Waals surface area contributed by atoms with Crippen molar-refractivity contribution >= 4 is 11.6 Å². The lowest BCUT2D eigenvalue weighted by Crippen LogP contribution is -2.25. The average Bonchev–Trinajstić information content (AvgIpc) is 3.43. The van der Waals surface area contributed by atoms with Gasteiger partial charge in [-0.2, -0.15) is 0 Å². The number of benzene rings is 2. The summed E-state index contributed by atoms with van der Waals surface area (Å²) in [6.45, 7) is 3.19. The van der Waals surface area contributed by atoms with Crippen molar-refractivity contribution < 1.29 is 19.7 Å². The zero-order chi connectivity index (χ0) is 20.5. The molecule has 0 aromatic heterocycles. The number of phenolic OH excluding ortho intramolecular Hbond substituents is 1. The first-order chi connectivity index (χ1) is 14.1. The van der Waals surface area contributed by atoms with E-state index in [1.165, 1.54) is 44.5 Å². The molecule has 2 aromatic carbocycles. The summed E-state index contributed by atoms with van der Waals surface area (Å²) in [6.07, 6.45) is 5.37. The Hall–Kier alpha value is -2.73. The molecule has 1 saturated carbocycles. The molecule has 2 aliphatic rings. The van der Waals surface area contributed by atoms with Gasteiger partial charge in [0.1, 0.15) is 18.1 Å². The van der Waals surface area contributed by atoms with Crippen LogP contribution in [0.4, 0.5) is 5.69 Å². The summed E-state index contributed by atoms with van der Waals surface area (Å²) in [5, 5.41) is 19.9. The number of ether oxygens (including phenoxy) is 1. The van der Waals surface area contributed by atoms with Gasteiger partial charge in [0.05, 0.1) is 6.61 Å². The van der Waals surface area contributed by atoms with Gasteiger partial charge in [0.15, 0.2) is 0 Å². The summed E-state index contributed by atoms with van der Waals surface area (Å²) in [5.74, 6) is 1.64. The Morgan fingerprint density at radius 3 is 2.28 bits per heavy atom. The molecule has 2 aromatic rings. The lowest BCUT2D eigenvalue weighted by molar-refractivity contribution is -0.123. The second kappa shape index (κ2) is 10.7. The lowest BCUT2D eigenvalue weighted by atomic mass is 10.2. The summed E-state index contributed by atoms with van der Waals surface area (Å²) in [6, 6.07) is 15.1. The zero-order valence-electron chi connectivity index (χ0n) is 16.7. The highest BCUT2D eigenvalue weighted by Crippen LogP contribution is 2.30. The Labute approximate surface area is 172 Å². The number of phenols is 1. The molecule has 0 radical (unpaired) electrons. The maximum Gasteiger partial charge on any atom is 0.245 e. The fraction of sp³-hybridized carbons (Fsp3) is 0.435. The van der Waals surface area contributed by atoms with Crippen molar-refractivity contribution in [3.05, 3.63) is 54.1 Å². The molecule has 0 spiro atoms. The van der Waals surface area contributed by atoms with E-state index in [1.807, 2.05) is 0 Å². The number of anilines is 1. The van der Waals surface area contributed by atoms with Gasteiger partial charge in [0.2, 0.25) is 5.91 Å². The molecular weight excluding hydrogens is 368 g/mol. The van der Waals surface area contributed by atoms with Crippen molar-refractivity contribution in [3.8, 4) is 11.5 Å². The molecule has 0 unspecified atom stereocenters. The van der Waals surface area contributed by atoms with E-state index in [0.29, 0.717) is 6.54 Å². The van der Waals surface area contributed by atoms with Crippen LogP contribution in [-0.4, -0.2) is 42.4 Å². The topological polar surface area (TPSA) is 82.0 Å². The molecule has 1 aliphatic carbocycles. The number of carbonyl (C=O) groups is 1. The van der Waals surface area contributed by atoms with Crippen LogP contribution in [0, 0.1) is 5.92 Å². The van der Waals surface area contributed by atoms with E-state index in [1.54, 1.807) is 24.3 Å². The Kier molecular flexibility index (Phi) is 7.76. The number of nitrogens with zero attached hydrogens (tertiary/aromatic N) is 1. The molecular formula is C23H30N2O4. The number of rotatable bonds is 7. The van der Waals surface area contributed by atoms with Gasteiger partial charge in [-0.05, 0) is 73.6 Å². The minimum atomic E-state index is -0.502. The van der Waals surface area contributed by atoms with Gasteiger partial charge in [-0.25, -0.2) is 0 Å². The van der Waals surface area contributed by atoms with Gasteiger partial charge < -0.3 is 25.2 Å². The van der Waals surface area contributed by atoms with E-state index in [0.717, 1.165) is 23.8 Å². The molecule has 0 bridgehead atoms. The van der Waals surface area contributed by atoms with Crippen LogP contribution in [0.15, 0.2) is 48.5 Å². The smallest absolute Gasteiger partial charge is 0.245 e. The highest BCUT2D eigenvalue weighted by Gasteiger charge is 2.21. The molecule has 2 fully saturated rings. The molecule has 6 heteroatoms. The van der Waals surface area contributed by atoms with Crippen LogP contribution in [-0.2, 0) is 11.3 Å². The van der Waals surface area contributed by atoms with Crippen molar-refractivity contribution in [1.29, 1.82) is 0 Å². The minimum absolute atomic E-state index is 0.192. The Morgan fingerprint density at radius 2 is 1.69 bits per heavy atom. The second-order valence-corrected chi connectivity index (χ2v) is 7.54. The van der Waals surface area contributed by atoms with E-state index in [2.05, 4.69) is 34.5 Å². The van der Waals surface area contributed by atoms with E-state index >= 15 is 0 Å². The molecule has 4 rings (SSSR count). The van der Waals surface area contributed by atoms with Crippen LogP contribution in [0.5, 0.6) is 11.5 Å². The quantitative estimate of drug-likeness (QED) is 0.668. The zero-order valence-corrected chi connectivity index (χ0v) is 16.7. The molecule has 1 saturated heterocycles. The number of aromatic hydroxyl groups is 1. The largest absolute Gasteiger partial charge is 0.508 e. The average molecular weight is 399 g/mol. The molecule has 0 atom stereocenters. The van der Waals surface area contributed by atoms with Gasteiger partial charge in [0, 0.05) is 25.3 Å². The Balaban J connectivity index is 0.000000170. The monoisotopic (exact) mass is 398 g/mol. The molecule has 6 nitrogen and oxygen atoms in total. The maximum atomic E-state index is 10.6. The third-order valence-electron chi connectivity index (χ3n) is 5.06. The van der Waals surface area contributed by atoms with Gasteiger partial charge in [-0.1, -0.05) is 12.1 Å². The molecule has 29 heavy (non-hydrogen) atoms. The first kappa shape index (κ1) is 21.0. The van der Waals surface area contributed by atoms with Crippen LogP contribution in [0.1, 0.15) is 31.2 Å². The SMILES string of the molecule is O=C(CO)NCc1ccc(O)cc1.c1cc(N2CCCC2)ccc1OCC1CC1. The van der Waals surface area contributed by atoms with Gasteiger partial charge in [-0.3, -0.25) is 4.79 Å². The summed E-state index contributed by atoms with van der Waals surface area (Å²) >= 11 is 0. The van der Waals surface area contributed by atoms with E-state index < -0.39 is 12.5 Å². The van der Waals surface area contributed by atoms with Crippen molar-refractivity contribution in [2.75, 3.05) is 31.2 Å². The lowest BCUT2D eigenvalue weighted by Gasteiger charge is -2.17.